The van der Waals surface area contributed by atoms with Gasteiger partial charge < -0.3 is 10.2 Å². The van der Waals surface area contributed by atoms with E-state index in [1.54, 1.807) is 0 Å². The Bertz CT molecular complexity index is 853. The summed E-state index contributed by atoms with van der Waals surface area (Å²) in [6, 6.07) is 14.7. The maximum absolute atomic E-state index is 12.8. The van der Waals surface area contributed by atoms with Crippen LogP contribution in [-0.2, 0) is 13.0 Å². The van der Waals surface area contributed by atoms with Crippen LogP contribution in [0.25, 0.3) is 0 Å². The molecule has 0 aliphatic carbocycles. The molecule has 1 atom stereocenters. The predicted octanol–water partition coefficient (Wildman–Crippen LogP) is 5.06. The first-order valence-electron chi connectivity index (χ1n) is 10.2. The number of likely N-dealkylation sites (tertiary alicyclic amines) is 1. The van der Waals surface area contributed by atoms with E-state index in [9.17, 15) is 4.79 Å². The molecule has 2 aromatic carbocycles. The van der Waals surface area contributed by atoms with Gasteiger partial charge >= 0.3 is 6.03 Å². The molecule has 0 spiro atoms. The highest BCUT2D eigenvalue weighted by molar-refractivity contribution is 9.10. The SMILES string of the molecule is Cc1cc(NC(=O)N2CCC[C@@H](CN3CCc4ccccc4C3)C2)ccc1Br. The van der Waals surface area contributed by atoms with Crippen molar-refractivity contribution in [2.75, 3.05) is 31.5 Å². The van der Waals surface area contributed by atoms with Crippen LogP contribution in [-0.4, -0.2) is 42.0 Å². The quantitative estimate of drug-likeness (QED) is 0.722. The summed E-state index contributed by atoms with van der Waals surface area (Å²) in [6.45, 7) is 6.97. The highest BCUT2D eigenvalue weighted by Crippen LogP contribution is 2.24. The van der Waals surface area contributed by atoms with E-state index >= 15 is 0 Å². The average Bonchev–Trinajstić information content (AvgIpc) is 2.71. The first-order valence-corrected chi connectivity index (χ1v) is 11.0. The van der Waals surface area contributed by atoms with Gasteiger partial charge in [0.1, 0.15) is 0 Å². The number of halogens is 1. The van der Waals surface area contributed by atoms with E-state index < -0.39 is 0 Å². The van der Waals surface area contributed by atoms with Gasteiger partial charge in [-0.25, -0.2) is 4.79 Å². The van der Waals surface area contributed by atoms with E-state index in [0.717, 1.165) is 61.3 Å². The van der Waals surface area contributed by atoms with Crippen LogP contribution >= 0.6 is 15.9 Å². The third kappa shape index (κ3) is 4.58. The normalized spacial score (nSPS) is 19.9. The molecule has 2 aliphatic rings. The van der Waals surface area contributed by atoms with Crippen LogP contribution in [0, 0.1) is 12.8 Å². The summed E-state index contributed by atoms with van der Waals surface area (Å²) in [7, 11) is 0. The molecule has 28 heavy (non-hydrogen) atoms. The molecule has 4 rings (SSSR count). The fourth-order valence-electron chi connectivity index (χ4n) is 4.40. The molecule has 0 radical (unpaired) electrons. The zero-order valence-corrected chi connectivity index (χ0v) is 18.0. The Morgan fingerprint density at radius 3 is 2.82 bits per heavy atom. The molecule has 2 aliphatic heterocycles. The second-order valence-corrected chi connectivity index (χ2v) is 8.96. The van der Waals surface area contributed by atoms with Gasteiger partial charge in [-0.1, -0.05) is 40.2 Å². The van der Waals surface area contributed by atoms with Crippen LogP contribution in [0.3, 0.4) is 0 Å². The predicted molar refractivity (Wildman–Crippen MR) is 118 cm³/mol. The summed E-state index contributed by atoms with van der Waals surface area (Å²) in [6.07, 6.45) is 3.43. The summed E-state index contributed by atoms with van der Waals surface area (Å²) >= 11 is 3.51. The number of piperidine rings is 1. The van der Waals surface area contributed by atoms with Crippen molar-refractivity contribution in [2.45, 2.75) is 32.7 Å². The molecule has 5 heteroatoms. The zero-order valence-electron chi connectivity index (χ0n) is 16.5. The number of amides is 2. The summed E-state index contributed by atoms with van der Waals surface area (Å²) in [4.78, 5) is 17.3. The van der Waals surface area contributed by atoms with E-state index in [1.807, 2.05) is 30.0 Å². The van der Waals surface area contributed by atoms with Gasteiger partial charge in [0.15, 0.2) is 0 Å². The van der Waals surface area contributed by atoms with Crippen LogP contribution in [0.1, 0.15) is 29.5 Å². The molecule has 0 bridgehead atoms. The lowest BCUT2D eigenvalue weighted by atomic mass is 9.95. The van der Waals surface area contributed by atoms with E-state index in [4.69, 9.17) is 0 Å². The number of carbonyl (C=O) groups excluding carboxylic acids is 1. The number of aryl methyl sites for hydroxylation is 1. The molecule has 1 fully saturated rings. The van der Waals surface area contributed by atoms with Crippen molar-refractivity contribution in [3.8, 4) is 0 Å². The smallest absolute Gasteiger partial charge is 0.321 e. The number of urea groups is 1. The third-order valence-electron chi connectivity index (χ3n) is 5.94. The largest absolute Gasteiger partial charge is 0.324 e. The Morgan fingerprint density at radius 2 is 2.00 bits per heavy atom. The molecular weight excluding hydrogens is 414 g/mol. The fourth-order valence-corrected chi connectivity index (χ4v) is 4.65. The Morgan fingerprint density at radius 1 is 1.18 bits per heavy atom. The summed E-state index contributed by atoms with van der Waals surface area (Å²) in [5.74, 6) is 0.552. The Balaban J connectivity index is 1.33. The van der Waals surface area contributed by atoms with Gasteiger partial charge in [0.2, 0.25) is 0 Å². The second-order valence-electron chi connectivity index (χ2n) is 8.10. The number of benzene rings is 2. The van der Waals surface area contributed by atoms with Gasteiger partial charge in [0.05, 0.1) is 0 Å². The van der Waals surface area contributed by atoms with Crippen LogP contribution in [0.5, 0.6) is 0 Å². The minimum atomic E-state index is 0.0235. The van der Waals surface area contributed by atoms with Crippen molar-refractivity contribution >= 4 is 27.6 Å². The lowest BCUT2D eigenvalue weighted by molar-refractivity contribution is 0.140. The van der Waals surface area contributed by atoms with Crippen molar-refractivity contribution < 1.29 is 4.79 Å². The monoisotopic (exact) mass is 441 g/mol. The van der Waals surface area contributed by atoms with E-state index in [0.29, 0.717) is 5.92 Å². The average molecular weight is 442 g/mol. The number of nitrogens with zero attached hydrogens (tertiary/aromatic N) is 2. The van der Waals surface area contributed by atoms with E-state index in [1.165, 1.54) is 17.5 Å². The number of anilines is 1. The molecule has 0 unspecified atom stereocenters. The van der Waals surface area contributed by atoms with Gasteiger partial charge in [-0.05, 0) is 67.0 Å². The second kappa shape index (κ2) is 8.66. The summed E-state index contributed by atoms with van der Waals surface area (Å²) in [5, 5.41) is 3.07. The molecule has 2 amide bonds. The van der Waals surface area contributed by atoms with Gasteiger partial charge in [0, 0.05) is 42.9 Å². The minimum absolute atomic E-state index is 0.0235. The highest BCUT2D eigenvalue weighted by Gasteiger charge is 2.26. The maximum Gasteiger partial charge on any atom is 0.321 e. The minimum Gasteiger partial charge on any atom is -0.324 e. The number of rotatable bonds is 3. The Labute approximate surface area is 176 Å². The number of carbonyl (C=O) groups is 1. The van der Waals surface area contributed by atoms with Gasteiger partial charge in [0.25, 0.3) is 0 Å². The van der Waals surface area contributed by atoms with E-state index in [2.05, 4.69) is 50.4 Å². The lowest BCUT2D eigenvalue weighted by Gasteiger charge is -2.37. The van der Waals surface area contributed by atoms with Gasteiger partial charge in [-0.2, -0.15) is 0 Å². The number of hydrogen-bond acceptors (Lipinski definition) is 2. The van der Waals surface area contributed by atoms with Crippen LogP contribution in [0.15, 0.2) is 46.9 Å². The fraction of sp³-hybridized carbons (Fsp3) is 0.435. The first-order chi connectivity index (χ1) is 13.6. The number of hydrogen-bond donors (Lipinski definition) is 1. The molecule has 4 nitrogen and oxygen atoms in total. The maximum atomic E-state index is 12.8. The van der Waals surface area contributed by atoms with Crippen LogP contribution in [0.2, 0.25) is 0 Å². The molecule has 1 N–H and O–H groups in total. The standard InChI is InChI=1S/C23H28BrN3O/c1-17-13-21(8-9-22(17)24)25-23(28)27-11-4-5-18(15-27)14-26-12-10-19-6-2-3-7-20(19)16-26/h2-3,6-9,13,18H,4-5,10-12,14-16H2,1H3,(H,25,28)/t18-/m0/s1. The lowest BCUT2D eigenvalue weighted by Crippen LogP contribution is -2.46. The molecule has 2 aromatic rings. The summed E-state index contributed by atoms with van der Waals surface area (Å²) < 4.78 is 1.06. The van der Waals surface area contributed by atoms with Crippen molar-refractivity contribution in [1.29, 1.82) is 0 Å². The number of nitrogens with one attached hydrogen (secondary N) is 1. The van der Waals surface area contributed by atoms with Crippen LogP contribution < -0.4 is 5.32 Å². The van der Waals surface area contributed by atoms with Crippen molar-refractivity contribution in [3.05, 3.63) is 63.6 Å². The molecule has 148 valence electrons. The van der Waals surface area contributed by atoms with Gasteiger partial charge in [-0.3, -0.25) is 4.90 Å². The van der Waals surface area contributed by atoms with Crippen molar-refractivity contribution in [3.63, 3.8) is 0 Å². The third-order valence-corrected chi connectivity index (χ3v) is 6.83. The first kappa shape index (κ1) is 19.5. The number of fused-ring (bicyclic) bond motifs is 1. The van der Waals surface area contributed by atoms with Crippen molar-refractivity contribution in [2.24, 2.45) is 5.92 Å². The van der Waals surface area contributed by atoms with Crippen LogP contribution in [0.4, 0.5) is 10.5 Å². The molecule has 1 saturated heterocycles. The Hall–Kier alpha value is -1.85. The van der Waals surface area contributed by atoms with Crippen molar-refractivity contribution in [1.82, 2.24) is 9.80 Å². The van der Waals surface area contributed by atoms with E-state index in [-0.39, 0.29) is 6.03 Å². The van der Waals surface area contributed by atoms with Gasteiger partial charge in [-0.15, -0.1) is 0 Å². The molecule has 2 heterocycles. The summed E-state index contributed by atoms with van der Waals surface area (Å²) in [5.41, 5.74) is 4.94. The molecule has 0 aromatic heterocycles. The zero-order chi connectivity index (χ0) is 19.5. The highest BCUT2D eigenvalue weighted by atomic mass is 79.9. The molecule has 0 saturated carbocycles. The molecular formula is C23H28BrN3O. The topological polar surface area (TPSA) is 35.6 Å². The Kier molecular flexibility index (Phi) is 6.02.